The second-order valence-corrected chi connectivity index (χ2v) is 5.20. The van der Waals surface area contributed by atoms with Crippen LogP contribution in [0.2, 0.25) is 0 Å². The van der Waals surface area contributed by atoms with Gasteiger partial charge >= 0.3 is 5.97 Å². The Labute approximate surface area is 135 Å². The Kier molecular flexibility index (Phi) is 4.96. The van der Waals surface area contributed by atoms with Gasteiger partial charge in [-0.2, -0.15) is 0 Å². The van der Waals surface area contributed by atoms with E-state index in [9.17, 15) is 9.59 Å². The lowest BCUT2D eigenvalue weighted by atomic mass is 9.91. The molecular weight excluding hydrogens is 292 g/mol. The van der Waals surface area contributed by atoms with Crippen LogP contribution in [-0.4, -0.2) is 24.0 Å². The molecule has 0 amide bonds. The molecule has 1 unspecified atom stereocenters. The summed E-state index contributed by atoms with van der Waals surface area (Å²) < 4.78 is 5.36. The van der Waals surface area contributed by atoms with Crippen molar-refractivity contribution in [2.45, 2.75) is 6.92 Å². The lowest BCUT2D eigenvalue weighted by Crippen LogP contribution is -2.18. The zero-order valence-electron chi connectivity index (χ0n) is 13.1. The number of rotatable bonds is 6. The smallest absolute Gasteiger partial charge is 0.331 e. The Hall–Kier alpha value is -2.88. The van der Waals surface area contributed by atoms with Crippen molar-refractivity contribution in [1.29, 1.82) is 0 Å². The van der Waals surface area contributed by atoms with E-state index in [1.54, 1.807) is 32.2 Å². The quantitative estimate of drug-likeness (QED) is 0.650. The molecule has 0 saturated heterocycles. The molecule has 0 fully saturated rings. The molecule has 118 valence electrons. The minimum Gasteiger partial charge on any atom is -0.496 e. The van der Waals surface area contributed by atoms with Gasteiger partial charge in [-0.3, -0.25) is 4.79 Å². The van der Waals surface area contributed by atoms with Gasteiger partial charge in [0.05, 0.1) is 13.0 Å². The number of carbonyl (C=O) groups is 2. The van der Waals surface area contributed by atoms with Gasteiger partial charge in [-0.05, 0) is 23.8 Å². The molecule has 0 spiro atoms. The van der Waals surface area contributed by atoms with Crippen LogP contribution < -0.4 is 4.74 Å². The number of ether oxygens (including phenoxy) is 1. The summed E-state index contributed by atoms with van der Waals surface area (Å²) in [5, 5.41) is 8.99. The predicted octanol–water partition coefficient (Wildman–Crippen LogP) is 3.82. The molecule has 2 aromatic carbocycles. The SMILES string of the molecule is C=C(C(=O)O)C(C)C(=O)c1ccc(OC)c(-c2ccccc2)c1. The molecule has 0 aromatic heterocycles. The number of Topliss-reactive ketones (excluding diaryl/α,β-unsaturated/α-hetero) is 1. The van der Waals surface area contributed by atoms with Crippen molar-refractivity contribution >= 4 is 11.8 Å². The third kappa shape index (κ3) is 3.48. The second-order valence-electron chi connectivity index (χ2n) is 5.20. The van der Waals surface area contributed by atoms with Crippen LogP contribution in [0.1, 0.15) is 17.3 Å². The van der Waals surface area contributed by atoms with E-state index >= 15 is 0 Å². The van der Waals surface area contributed by atoms with Gasteiger partial charge in [-0.25, -0.2) is 4.79 Å². The summed E-state index contributed by atoms with van der Waals surface area (Å²) in [6.07, 6.45) is 0. The molecule has 0 aliphatic rings. The summed E-state index contributed by atoms with van der Waals surface area (Å²) in [6, 6.07) is 14.6. The van der Waals surface area contributed by atoms with E-state index in [0.29, 0.717) is 11.3 Å². The minimum absolute atomic E-state index is 0.118. The Morgan fingerprint density at radius 2 is 1.78 bits per heavy atom. The largest absolute Gasteiger partial charge is 0.496 e. The van der Waals surface area contributed by atoms with E-state index in [4.69, 9.17) is 9.84 Å². The first kappa shape index (κ1) is 16.5. The van der Waals surface area contributed by atoms with E-state index < -0.39 is 11.9 Å². The Balaban J connectivity index is 2.44. The van der Waals surface area contributed by atoms with Crippen LogP contribution in [0.3, 0.4) is 0 Å². The fourth-order valence-electron chi connectivity index (χ4n) is 2.30. The molecular formula is C19H18O4. The topological polar surface area (TPSA) is 63.6 Å². The van der Waals surface area contributed by atoms with Crippen LogP contribution in [0.5, 0.6) is 5.75 Å². The van der Waals surface area contributed by atoms with Gasteiger partial charge in [0.15, 0.2) is 5.78 Å². The molecule has 1 N–H and O–H groups in total. The molecule has 4 heteroatoms. The molecule has 4 nitrogen and oxygen atoms in total. The average molecular weight is 310 g/mol. The highest BCUT2D eigenvalue weighted by atomic mass is 16.5. The van der Waals surface area contributed by atoms with Gasteiger partial charge in [0.2, 0.25) is 0 Å². The maximum absolute atomic E-state index is 12.5. The first-order chi connectivity index (χ1) is 11.0. The molecule has 1 atom stereocenters. The maximum Gasteiger partial charge on any atom is 0.331 e. The van der Waals surface area contributed by atoms with Gasteiger partial charge < -0.3 is 9.84 Å². The summed E-state index contributed by atoms with van der Waals surface area (Å²) in [6.45, 7) is 5.02. The molecule has 0 aliphatic carbocycles. The van der Waals surface area contributed by atoms with Crippen LogP contribution in [0.25, 0.3) is 11.1 Å². The summed E-state index contributed by atoms with van der Waals surface area (Å²) >= 11 is 0. The highest BCUT2D eigenvalue weighted by Crippen LogP contribution is 2.31. The van der Waals surface area contributed by atoms with Gasteiger partial charge in [0.25, 0.3) is 0 Å². The number of ketones is 1. The average Bonchev–Trinajstić information content (AvgIpc) is 2.59. The number of hydrogen-bond donors (Lipinski definition) is 1. The van der Waals surface area contributed by atoms with Crippen molar-refractivity contribution in [2.24, 2.45) is 5.92 Å². The Morgan fingerprint density at radius 1 is 1.13 bits per heavy atom. The molecule has 2 aromatic rings. The predicted molar refractivity (Wildman–Crippen MR) is 88.7 cm³/mol. The van der Waals surface area contributed by atoms with E-state index in [2.05, 4.69) is 6.58 Å². The first-order valence-corrected chi connectivity index (χ1v) is 7.15. The van der Waals surface area contributed by atoms with Crippen molar-refractivity contribution in [1.82, 2.24) is 0 Å². The highest BCUT2D eigenvalue weighted by molar-refractivity contribution is 6.05. The van der Waals surface area contributed by atoms with Crippen LogP contribution >= 0.6 is 0 Å². The van der Waals surface area contributed by atoms with Crippen molar-refractivity contribution < 1.29 is 19.4 Å². The lowest BCUT2D eigenvalue weighted by molar-refractivity contribution is -0.133. The second kappa shape index (κ2) is 6.92. The van der Waals surface area contributed by atoms with Gasteiger partial charge in [-0.1, -0.05) is 43.8 Å². The number of carboxylic acid groups (broad SMARTS) is 1. The fraction of sp³-hybridized carbons (Fsp3) is 0.158. The Morgan fingerprint density at radius 3 is 2.35 bits per heavy atom. The minimum atomic E-state index is -1.16. The van der Waals surface area contributed by atoms with Crippen molar-refractivity contribution in [3.8, 4) is 16.9 Å². The first-order valence-electron chi connectivity index (χ1n) is 7.15. The standard InChI is InChI=1S/C19H18O4/c1-12(13(2)19(21)22)18(20)15-9-10-17(23-3)16(11-15)14-7-5-4-6-8-14/h4-12H,2H2,1,3H3,(H,21,22). The molecule has 2 rings (SSSR count). The van der Waals surface area contributed by atoms with Crippen LogP contribution in [0, 0.1) is 5.92 Å². The number of hydrogen-bond acceptors (Lipinski definition) is 3. The maximum atomic E-state index is 12.5. The van der Waals surface area contributed by atoms with E-state index in [1.165, 1.54) is 0 Å². The molecule has 0 bridgehead atoms. The van der Waals surface area contributed by atoms with Crippen LogP contribution in [-0.2, 0) is 4.79 Å². The highest BCUT2D eigenvalue weighted by Gasteiger charge is 2.23. The third-order valence-electron chi connectivity index (χ3n) is 3.76. The summed E-state index contributed by atoms with van der Waals surface area (Å²) in [7, 11) is 1.57. The summed E-state index contributed by atoms with van der Waals surface area (Å²) in [5.74, 6) is -1.58. The van der Waals surface area contributed by atoms with Gasteiger partial charge in [0, 0.05) is 16.7 Å². The zero-order valence-corrected chi connectivity index (χ0v) is 13.1. The number of aliphatic carboxylic acids is 1. The van der Waals surface area contributed by atoms with Crippen LogP contribution in [0.4, 0.5) is 0 Å². The lowest BCUT2D eigenvalue weighted by Gasteiger charge is -2.14. The van der Waals surface area contributed by atoms with E-state index in [0.717, 1.165) is 11.1 Å². The van der Waals surface area contributed by atoms with Gasteiger partial charge in [-0.15, -0.1) is 0 Å². The number of carbonyl (C=O) groups excluding carboxylic acids is 1. The van der Waals surface area contributed by atoms with Gasteiger partial charge in [0.1, 0.15) is 5.75 Å². The number of methoxy groups -OCH3 is 1. The number of carboxylic acids is 1. The van der Waals surface area contributed by atoms with Crippen molar-refractivity contribution in [2.75, 3.05) is 7.11 Å². The van der Waals surface area contributed by atoms with Crippen molar-refractivity contribution in [3.63, 3.8) is 0 Å². The normalized spacial score (nSPS) is 11.6. The Bertz CT molecular complexity index is 747. The fourth-order valence-corrected chi connectivity index (χ4v) is 2.30. The van der Waals surface area contributed by atoms with E-state index in [-0.39, 0.29) is 11.4 Å². The monoisotopic (exact) mass is 310 g/mol. The number of benzene rings is 2. The molecule has 0 heterocycles. The summed E-state index contributed by atoms with van der Waals surface area (Å²) in [5.41, 5.74) is 2.02. The molecule has 0 radical (unpaired) electrons. The molecule has 0 saturated carbocycles. The van der Waals surface area contributed by atoms with Crippen molar-refractivity contribution in [3.05, 3.63) is 66.2 Å². The zero-order chi connectivity index (χ0) is 17.0. The van der Waals surface area contributed by atoms with Crippen LogP contribution in [0.15, 0.2) is 60.7 Å². The summed E-state index contributed by atoms with van der Waals surface area (Å²) in [4.78, 5) is 23.5. The van der Waals surface area contributed by atoms with E-state index in [1.807, 2.05) is 30.3 Å². The molecule has 0 aliphatic heterocycles. The molecule has 23 heavy (non-hydrogen) atoms. The third-order valence-corrected chi connectivity index (χ3v) is 3.76.